The Hall–Kier alpha value is -3.56. The smallest absolute Gasteiger partial charge is 0.270 e. The van der Waals surface area contributed by atoms with E-state index in [9.17, 15) is 14.0 Å². The molecule has 10 heteroatoms. The first-order chi connectivity index (χ1) is 17.3. The summed E-state index contributed by atoms with van der Waals surface area (Å²) in [6.45, 7) is 8.42. The first kappa shape index (κ1) is 25.5. The van der Waals surface area contributed by atoms with E-state index in [2.05, 4.69) is 37.8 Å². The second-order valence-electron chi connectivity index (χ2n) is 9.74. The van der Waals surface area contributed by atoms with E-state index in [1.165, 1.54) is 0 Å². The van der Waals surface area contributed by atoms with Gasteiger partial charge in [0.1, 0.15) is 17.6 Å². The van der Waals surface area contributed by atoms with Crippen molar-refractivity contribution in [3.05, 3.63) is 47.4 Å². The van der Waals surface area contributed by atoms with Crippen LogP contribution in [0.15, 0.2) is 24.4 Å². The van der Waals surface area contributed by atoms with Gasteiger partial charge in [-0.05, 0) is 63.1 Å². The monoisotopic (exact) mass is 495 g/mol. The van der Waals surface area contributed by atoms with Crippen LogP contribution in [0.5, 0.6) is 0 Å². The zero-order valence-corrected chi connectivity index (χ0v) is 21.3. The van der Waals surface area contributed by atoms with Crippen molar-refractivity contribution in [3.8, 4) is 11.1 Å². The van der Waals surface area contributed by atoms with E-state index in [0.29, 0.717) is 35.0 Å². The topological polar surface area (TPSA) is 118 Å². The number of nitrogens with one attached hydrogen (secondary N) is 3. The van der Waals surface area contributed by atoms with Crippen LogP contribution in [0, 0.1) is 31.6 Å². The maximum Gasteiger partial charge on any atom is 0.270 e. The summed E-state index contributed by atoms with van der Waals surface area (Å²) in [5.74, 6) is -0.784. The number of anilines is 1. The lowest BCUT2D eigenvalue weighted by Crippen LogP contribution is -2.49. The second kappa shape index (κ2) is 11.0. The van der Waals surface area contributed by atoms with Crippen molar-refractivity contribution >= 4 is 17.6 Å². The molecule has 0 aliphatic heterocycles. The van der Waals surface area contributed by atoms with Gasteiger partial charge in [-0.15, -0.1) is 0 Å². The fraction of sp³-hybridized carbons (Fsp3) is 0.500. The Bertz CT molecular complexity index is 1210. The minimum atomic E-state index is -0.766. The largest absolute Gasteiger partial charge is 0.339 e. The standard InChI is InChI=1S/C26H34FN7O2/c1-5-14-34-20(12-13-28-34)25(35)31-23(18-8-6-15(2)7-9-18)26(36)30-21-11-10-19(24(27)29-21)22-16(3)32-33-17(22)4/h10-13,15,18,23H,5-9,14H2,1-4H3,(H,31,35)(H,32,33)(H,29,30,36)/t15-,18-,23-/m0/s1. The lowest BCUT2D eigenvalue weighted by atomic mass is 9.79. The molecule has 3 aromatic heterocycles. The first-order valence-electron chi connectivity index (χ1n) is 12.6. The van der Waals surface area contributed by atoms with Gasteiger partial charge in [-0.2, -0.15) is 14.6 Å². The molecule has 4 rings (SSSR count). The third kappa shape index (κ3) is 5.47. The van der Waals surface area contributed by atoms with Crippen molar-refractivity contribution in [3.63, 3.8) is 0 Å². The third-order valence-electron chi connectivity index (χ3n) is 6.98. The number of amides is 2. The zero-order valence-electron chi connectivity index (χ0n) is 21.3. The molecule has 0 aromatic carbocycles. The van der Waals surface area contributed by atoms with Crippen LogP contribution in [-0.2, 0) is 11.3 Å². The average Bonchev–Trinajstić information content (AvgIpc) is 3.45. The van der Waals surface area contributed by atoms with E-state index in [4.69, 9.17) is 0 Å². The van der Waals surface area contributed by atoms with Crippen LogP contribution in [0.2, 0.25) is 0 Å². The number of halogens is 1. The van der Waals surface area contributed by atoms with Gasteiger partial charge in [-0.3, -0.25) is 19.4 Å². The molecule has 0 bridgehead atoms. The van der Waals surface area contributed by atoms with E-state index in [1.807, 2.05) is 13.8 Å². The van der Waals surface area contributed by atoms with Crippen molar-refractivity contribution in [1.82, 2.24) is 30.3 Å². The van der Waals surface area contributed by atoms with Gasteiger partial charge in [-0.25, -0.2) is 4.98 Å². The first-order valence-corrected chi connectivity index (χ1v) is 12.6. The van der Waals surface area contributed by atoms with Crippen LogP contribution < -0.4 is 10.6 Å². The van der Waals surface area contributed by atoms with E-state index in [-0.39, 0.29) is 17.6 Å². The molecule has 3 heterocycles. The molecular formula is C26H34FN7O2. The van der Waals surface area contributed by atoms with E-state index < -0.39 is 17.9 Å². The summed E-state index contributed by atoms with van der Waals surface area (Å²) in [7, 11) is 0. The highest BCUT2D eigenvalue weighted by Crippen LogP contribution is 2.32. The Balaban J connectivity index is 1.54. The predicted octanol–water partition coefficient (Wildman–Crippen LogP) is 4.40. The van der Waals surface area contributed by atoms with Crippen molar-refractivity contribution in [2.45, 2.75) is 72.4 Å². The van der Waals surface area contributed by atoms with Crippen molar-refractivity contribution in [2.75, 3.05) is 5.32 Å². The van der Waals surface area contributed by atoms with Gasteiger partial charge in [0.15, 0.2) is 0 Å². The number of hydrogen-bond donors (Lipinski definition) is 3. The van der Waals surface area contributed by atoms with Crippen LogP contribution in [0.1, 0.15) is 67.8 Å². The van der Waals surface area contributed by atoms with Crippen molar-refractivity contribution in [2.24, 2.45) is 11.8 Å². The molecule has 0 spiro atoms. The zero-order chi connectivity index (χ0) is 25.8. The molecule has 3 aromatic rings. The number of carbonyl (C=O) groups is 2. The van der Waals surface area contributed by atoms with Gasteiger partial charge in [-0.1, -0.05) is 26.7 Å². The summed E-state index contributed by atoms with van der Waals surface area (Å²) < 4.78 is 16.6. The van der Waals surface area contributed by atoms with Gasteiger partial charge in [0.2, 0.25) is 11.9 Å². The highest BCUT2D eigenvalue weighted by Gasteiger charge is 2.33. The average molecular weight is 496 g/mol. The minimum absolute atomic E-state index is 0.0203. The summed E-state index contributed by atoms with van der Waals surface area (Å²) in [4.78, 5) is 30.5. The molecule has 1 saturated carbocycles. The lowest BCUT2D eigenvalue weighted by molar-refractivity contribution is -0.119. The Labute approximate surface area is 210 Å². The fourth-order valence-corrected chi connectivity index (χ4v) is 4.99. The highest BCUT2D eigenvalue weighted by molar-refractivity contribution is 6.00. The van der Waals surface area contributed by atoms with Crippen LogP contribution in [0.25, 0.3) is 11.1 Å². The Morgan fingerprint density at radius 3 is 2.58 bits per heavy atom. The maximum atomic E-state index is 15.0. The van der Waals surface area contributed by atoms with Crippen LogP contribution in [0.4, 0.5) is 10.2 Å². The summed E-state index contributed by atoms with van der Waals surface area (Å²) in [6, 6.07) is 4.04. The predicted molar refractivity (Wildman–Crippen MR) is 135 cm³/mol. The third-order valence-corrected chi connectivity index (χ3v) is 6.98. The van der Waals surface area contributed by atoms with E-state index >= 15 is 0 Å². The molecule has 1 fully saturated rings. The van der Waals surface area contributed by atoms with Gasteiger partial charge in [0.25, 0.3) is 5.91 Å². The number of H-pyrrole nitrogens is 1. The number of hydrogen-bond acceptors (Lipinski definition) is 5. The molecule has 3 N–H and O–H groups in total. The number of nitrogens with zero attached hydrogens (tertiary/aromatic N) is 4. The highest BCUT2D eigenvalue weighted by atomic mass is 19.1. The molecule has 1 aliphatic rings. The maximum absolute atomic E-state index is 15.0. The quantitative estimate of drug-likeness (QED) is 0.401. The molecule has 0 radical (unpaired) electrons. The molecular weight excluding hydrogens is 461 g/mol. The van der Waals surface area contributed by atoms with E-state index in [0.717, 1.165) is 37.8 Å². The van der Waals surface area contributed by atoms with Crippen LogP contribution in [0.3, 0.4) is 0 Å². The number of carbonyl (C=O) groups excluding carboxylic acids is 2. The molecule has 0 unspecified atom stereocenters. The Morgan fingerprint density at radius 1 is 1.19 bits per heavy atom. The molecule has 1 atom stereocenters. The second-order valence-corrected chi connectivity index (χ2v) is 9.74. The summed E-state index contributed by atoms with van der Waals surface area (Å²) in [6.07, 6.45) is 6.05. The Kier molecular flexibility index (Phi) is 7.81. The van der Waals surface area contributed by atoms with Gasteiger partial charge >= 0.3 is 0 Å². The number of rotatable bonds is 8. The minimum Gasteiger partial charge on any atom is -0.339 e. The summed E-state index contributed by atoms with van der Waals surface area (Å²) in [5, 5.41) is 16.9. The van der Waals surface area contributed by atoms with Gasteiger partial charge in [0, 0.05) is 29.6 Å². The van der Waals surface area contributed by atoms with Crippen molar-refractivity contribution in [1.29, 1.82) is 0 Å². The molecule has 9 nitrogen and oxygen atoms in total. The normalized spacial score (nSPS) is 18.6. The summed E-state index contributed by atoms with van der Waals surface area (Å²) >= 11 is 0. The summed E-state index contributed by atoms with van der Waals surface area (Å²) in [5.41, 5.74) is 2.79. The molecule has 36 heavy (non-hydrogen) atoms. The lowest BCUT2D eigenvalue weighted by Gasteiger charge is -2.32. The molecule has 1 aliphatic carbocycles. The molecule has 2 amide bonds. The molecule has 0 saturated heterocycles. The van der Waals surface area contributed by atoms with Crippen LogP contribution in [-0.4, -0.2) is 42.8 Å². The van der Waals surface area contributed by atoms with Gasteiger partial charge in [0.05, 0.1) is 5.69 Å². The number of aryl methyl sites for hydroxylation is 3. The van der Waals surface area contributed by atoms with Crippen molar-refractivity contribution < 1.29 is 14.0 Å². The number of aromatic nitrogens is 5. The van der Waals surface area contributed by atoms with Crippen LogP contribution >= 0.6 is 0 Å². The number of aromatic amines is 1. The van der Waals surface area contributed by atoms with Gasteiger partial charge < -0.3 is 10.6 Å². The Morgan fingerprint density at radius 2 is 1.94 bits per heavy atom. The molecule has 192 valence electrons. The fourth-order valence-electron chi connectivity index (χ4n) is 4.99. The van der Waals surface area contributed by atoms with E-state index in [1.54, 1.807) is 36.0 Å². The SMILES string of the molecule is CCCn1nccc1C(=O)N[C@H](C(=O)Nc1ccc(-c2c(C)n[nH]c2C)c(F)n1)[C@H]1CC[C@H](C)CC1. The number of pyridine rings is 1.